The Morgan fingerprint density at radius 3 is 2.23 bits per heavy atom. The van der Waals surface area contributed by atoms with Crippen LogP contribution >= 0.6 is 0 Å². The van der Waals surface area contributed by atoms with Gasteiger partial charge in [0.25, 0.3) is 0 Å². The van der Waals surface area contributed by atoms with Crippen LogP contribution < -0.4 is 10.2 Å². The molecule has 1 amide bonds. The number of rotatable bonds is 5. The highest BCUT2D eigenvalue weighted by Crippen LogP contribution is 2.27. The van der Waals surface area contributed by atoms with E-state index in [0.717, 1.165) is 30.0 Å². The van der Waals surface area contributed by atoms with Crippen molar-refractivity contribution in [2.24, 2.45) is 0 Å². The van der Waals surface area contributed by atoms with Crippen LogP contribution in [0, 0.1) is 0 Å². The molecule has 1 aliphatic heterocycles. The lowest BCUT2D eigenvalue weighted by atomic mass is 9.90. The minimum atomic E-state index is -0.433. The monoisotopic (exact) mass is 413 g/mol. The Balaban J connectivity index is 1.50. The van der Waals surface area contributed by atoms with Crippen molar-refractivity contribution in [2.75, 3.05) is 36.5 Å². The Labute approximate surface area is 180 Å². The smallest absolute Gasteiger partial charge is 0.237 e. The fourth-order valence-electron chi connectivity index (χ4n) is 3.96. The van der Waals surface area contributed by atoms with Crippen molar-refractivity contribution in [1.82, 2.24) is 14.6 Å². The van der Waals surface area contributed by atoms with E-state index in [2.05, 4.69) is 20.3 Å². The van der Waals surface area contributed by atoms with E-state index in [4.69, 9.17) is 4.74 Å². The molecule has 5 rings (SSSR count). The number of carbonyl (C=O) groups excluding carboxylic acids is 1. The van der Waals surface area contributed by atoms with Crippen LogP contribution in [-0.4, -0.2) is 46.8 Å². The normalized spacial score (nSPS) is 14.2. The second-order valence-electron chi connectivity index (χ2n) is 7.44. The van der Waals surface area contributed by atoms with Gasteiger partial charge in [0.2, 0.25) is 5.91 Å². The van der Waals surface area contributed by atoms with Gasteiger partial charge in [-0.05, 0) is 11.1 Å². The van der Waals surface area contributed by atoms with E-state index in [1.807, 2.05) is 72.8 Å². The topological polar surface area (TPSA) is 71.8 Å². The average Bonchev–Trinajstić information content (AvgIpc) is 3.29. The minimum absolute atomic E-state index is 0.123. The first-order valence-electron chi connectivity index (χ1n) is 10.4. The molecule has 0 atom stereocenters. The number of carbonyl (C=O) groups is 1. The van der Waals surface area contributed by atoms with E-state index in [0.29, 0.717) is 24.7 Å². The van der Waals surface area contributed by atoms with Crippen LogP contribution in [0.3, 0.4) is 0 Å². The maximum atomic E-state index is 13.5. The summed E-state index contributed by atoms with van der Waals surface area (Å²) in [6.07, 6.45) is 1.72. The van der Waals surface area contributed by atoms with Crippen LogP contribution in [0.2, 0.25) is 0 Å². The van der Waals surface area contributed by atoms with E-state index < -0.39 is 5.92 Å². The predicted octanol–water partition coefficient (Wildman–Crippen LogP) is 3.34. The molecule has 0 bridgehead atoms. The number of nitrogens with zero attached hydrogens (tertiary/aromatic N) is 4. The fourth-order valence-corrected chi connectivity index (χ4v) is 3.96. The summed E-state index contributed by atoms with van der Waals surface area (Å²) in [4.78, 5) is 20.3. The third kappa shape index (κ3) is 4.00. The Kier molecular flexibility index (Phi) is 5.33. The molecule has 1 aliphatic rings. The zero-order valence-corrected chi connectivity index (χ0v) is 17.0. The van der Waals surface area contributed by atoms with Gasteiger partial charge in [-0.2, -0.15) is 9.61 Å². The number of anilines is 2. The first kappa shape index (κ1) is 19.3. The summed E-state index contributed by atoms with van der Waals surface area (Å²) in [5, 5.41) is 7.45. The predicted molar refractivity (Wildman–Crippen MR) is 119 cm³/mol. The van der Waals surface area contributed by atoms with E-state index >= 15 is 0 Å². The Bertz CT molecular complexity index is 1130. The summed E-state index contributed by atoms with van der Waals surface area (Å²) < 4.78 is 7.28. The second-order valence-corrected chi connectivity index (χ2v) is 7.44. The molecule has 156 valence electrons. The summed E-state index contributed by atoms with van der Waals surface area (Å²) in [5.74, 6) is 0.847. The van der Waals surface area contributed by atoms with Crippen LogP contribution in [0.5, 0.6) is 0 Å². The number of fused-ring (bicyclic) bond motifs is 1. The minimum Gasteiger partial charge on any atom is -0.378 e. The SMILES string of the molecule is O=C(Nc1cc(N2CCOCC2)n2nccc2n1)C(c1ccccc1)c1ccccc1. The lowest BCUT2D eigenvalue weighted by molar-refractivity contribution is -0.116. The maximum absolute atomic E-state index is 13.5. The van der Waals surface area contributed by atoms with Crippen molar-refractivity contribution in [2.45, 2.75) is 5.92 Å². The lowest BCUT2D eigenvalue weighted by Gasteiger charge is -2.29. The standard InChI is InChI=1S/C24H23N5O2/c30-24(23(18-7-3-1-4-8-18)19-9-5-2-6-10-19)27-20-17-22(28-13-15-31-16-14-28)29-21(26-20)11-12-25-29/h1-12,17,23H,13-16H2,(H,26,27,30). The molecule has 1 fully saturated rings. The van der Waals surface area contributed by atoms with E-state index in [-0.39, 0.29) is 5.91 Å². The molecule has 3 heterocycles. The van der Waals surface area contributed by atoms with Crippen molar-refractivity contribution in [3.63, 3.8) is 0 Å². The van der Waals surface area contributed by atoms with Gasteiger partial charge in [0.05, 0.1) is 25.3 Å². The molecule has 4 aromatic rings. The van der Waals surface area contributed by atoms with Crippen LogP contribution in [0.4, 0.5) is 11.6 Å². The Morgan fingerprint density at radius 2 is 1.58 bits per heavy atom. The zero-order valence-electron chi connectivity index (χ0n) is 17.0. The van der Waals surface area contributed by atoms with Gasteiger partial charge in [-0.1, -0.05) is 60.7 Å². The molecule has 2 aromatic carbocycles. The molecular formula is C24H23N5O2. The zero-order chi connectivity index (χ0) is 21.0. The number of ether oxygens (including phenoxy) is 1. The highest BCUT2D eigenvalue weighted by Gasteiger charge is 2.24. The van der Waals surface area contributed by atoms with Crippen LogP contribution in [0.1, 0.15) is 17.0 Å². The number of hydrogen-bond acceptors (Lipinski definition) is 5. The molecule has 0 spiro atoms. The van der Waals surface area contributed by atoms with Crippen molar-refractivity contribution in [1.29, 1.82) is 0 Å². The molecule has 1 saturated heterocycles. The van der Waals surface area contributed by atoms with Gasteiger partial charge in [-0.3, -0.25) is 4.79 Å². The summed E-state index contributed by atoms with van der Waals surface area (Å²) in [6, 6.07) is 23.3. The summed E-state index contributed by atoms with van der Waals surface area (Å²) in [7, 11) is 0. The van der Waals surface area contributed by atoms with Crippen LogP contribution in [-0.2, 0) is 9.53 Å². The van der Waals surface area contributed by atoms with Gasteiger partial charge >= 0.3 is 0 Å². The summed E-state index contributed by atoms with van der Waals surface area (Å²) in [6.45, 7) is 2.86. The van der Waals surface area contributed by atoms with Crippen molar-refractivity contribution < 1.29 is 9.53 Å². The number of hydrogen-bond donors (Lipinski definition) is 1. The molecule has 0 radical (unpaired) electrons. The van der Waals surface area contributed by atoms with Crippen molar-refractivity contribution in [3.05, 3.63) is 90.1 Å². The average molecular weight is 413 g/mol. The van der Waals surface area contributed by atoms with E-state index in [1.54, 1.807) is 10.7 Å². The molecule has 7 nitrogen and oxygen atoms in total. The molecule has 31 heavy (non-hydrogen) atoms. The Morgan fingerprint density at radius 1 is 0.935 bits per heavy atom. The largest absolute Gasteiger partial charge is 0.378 e. The van der Waals surface area contributed by atoms with Crippen molar-refractivity contribution >= 4 is 23.2 Å². The number of morpholine rings is 1. The van der Waals surface area contributed by atoms with Crippen LogP contribution in [0.15, 0.2) is 79.0 Å². The molecule has 1 N–H and O–H groups in total. The molecule has 0 aliphatic carbocycles. The summed E-state index contributed by atoms with van der Waals surface area (Å²) >= 11 is 0. The number of amides is 1. The van der Waals surface area contributed by atoms with Gasteiger partial charge in [-0.15, -0.1) is 0 Å². The quantitative estimate of drug-likeness (QED) is 0.543. The second kappa shape index (κ2) is 8.57. The Hall–Kier alpha value is -3.71. The number of benzene rings is 2. The third-order valence-corrected chi connectivity index (χ3v) is 5.45. The van der Waals surface area contributed by atoms with Gasteiger partial charge < -0.3 is 15.0 Å². The summed E-state index contributed by atoms with van der Waals surface area (Å²) in [5.41, 5.74) is 2.56. The van der Waals surface area contributed by atoms with Gasteiger partial charge in [0, 0.05) is 25.2 Å². The first-order chi connectivity index (χ1) is 15.3. The molecule has 2 aromatic heterocycles. The molecule has 7 heteroatoms. The molecule has 0 saturated carbocycles. The van der Waals surface area contributed by atoms with Gasteiger partial charge in [0.15, 0.2) is 5.65 Å². The lowest BCUT2D eigenvalue weighted by Crippen LogP contribution is -2.37. The number of nitrogens with one attached hydrogen (secondary N) is 1. The molecular weight excluding hydrogens is 390 g/mol. The van der Waals surface area contributed by atoms with E-state index in [1.165, 1.54) is 0 Å². The van der Waals surface area contributed by atoms with Crippen LogP contribution in [0.25, 0.3) is 5.65 Å². The van der Waals surface area contributed by atoms with Gasteiger partial charge in [-0.25, -0.2) is 4.98 Å². The fraction of sp³-hybridized carbons (Fsp3) is 0.208. The first-order valence-corrected chi connectivity index (χ1v) is 10.4. The van der Waals surface area contributed by atoms with E-state index in [9.17, 15) is 4.79 Å². The maximum Gasteiger partial charge on any atom is 0.237 e. The van der Waals surface area contributed by atoms with Crippen molar-refractivity contribution in [3.8, 4) is 0 Å². The third-order valence-electron chi connectivity index (χ3n) is 5.45. The highest BCUT2D eigenvalue weighted by molar-refractivity contribution is 5.98. The number of aromatic nitrogens is 3. The highest BCUT2D eigenvalue weighted by atomic mass is 16.5. The molecule has 0 unspecified atom stereocenters. The van der Waals surface area contributed by atoms with Gasteiger partial charge in [0.1, 0.15) is 11.6 Å².